The second-order valence-electron chi connectivity index (χ2n) is 6.58. The summed E-state index contributed by atoms with van der Waals surface area (Å²) >= 11 is 0. The molecule has 4 rings (SSSR count). The summed E-state index contributed by atoms with van der Waals surface area (Å²) in [5.41, 5.74) is -4.55. The van der Waals surface area contributed by atoms with Gasteiger partial charge in [0.2, 0.25) is 5.95 Å². The van der Waals surface area contributed by atoms with Crippen LogP contribution in [0.1, 0.15) is 21.7 Å². The number of halogens is 6. The van der Waals surface area contributed by atoms with Gasteiger partial charge in [0.15, 0.2) is 5.69 Å². The maximum atomic E-state index is 13.9. The molecule has 1 amide bonds. The van der Waals surface area contributed by atoms with Gasteiger partial charge in [-0.05, 0) is 24.3 Å². The quantitative estimate of drug-likeness (QED) is 0.445. The van der Waals surface area contributed by atoms with Gasteiger partial charge in [0.1, 0.15) is 5.69 Å². The van der Waals surface area contributed by atoms with Crippen molar-refractivity contribution < 1.29 is 31.1 Å². The van der Waals surface area contributed by atoms with Crippen LogP contribution in [0.2, 0.25) is 0 Å². The van der Waals surface area contributed by atoms with E-state index in [0.717, 1.165) is 0 Å². The Morgan fingerprint density at radius 2 is 1.76 bits per heavy atom. The van der Waals surface area contributed by atoms with Crippen molar-refractivity contribution >= 4 is 22.6 Å². The van der Waals surface area contributed by atoms with Gasteiger partial charge < -0.3 is 4.98 Å². The zero-order valence-corrected chi connectivity index (χ0v) is 16.0. The standard InChI is InChI=1S/C19H10F6N6O2/c20-18(21,22)13-5-7-27-17(29-13)30-16(33)11-8-28-31(14(11)19(23,24)25)12-3-1-2-10-9(12)4-6-26-15(10)32/h1-8H,(H,26,32)(H,27,29,30,33). The normalized spacial score (nSPS) is 12.2. The first-order valence-corrected chi connectivity index (χ1v) is 8.94. The van der Waals surface area contributed by atoms with E-state index in [9.17, 15) is 35.9 Å². The molecule has 0 atom stereocenters. The first kappa shape index (κ1) is 22.0. The number of carbonyl (C=O) groups is 1. The van der Waals surface area contributed by atoms with Gasteiger partial charge in [-0.15, -0.1) is 0 Å². The SMILES string of the molecule is O=C(Nc1nccc(C(F)(F)F)n1)c1cnn(-c2cccc3c(=O)[nH]ccc23)c1C(F)(F)F. The molecule has 170 valence electrons. The molecule has 33 heavy (non-hydrogen) atoms. The van der Waals surface area contributed by atoms with Crippen LogP contribution < -0.4 is 10.9 Å². The van der Waals surface area contributed by atoms with Gasteiger partial charge in [-0.1, -0.05) is 6.07 Å². The Balaban J connectivity index is 1.81. The summed E-state index contributed by atoms with van der Waals surface area (Å²) in [4.78, 5) is 33.5. The van der Waals surface area contributed by atoms with Gasteiger partial charge >= 0.3 is 12.4 Å². The molecule has 0 fully saturated rings. The maximum absolute atomic E-state index is 13.9. The minimum atomic E-state index is -5.10. The van der Waals surface area contributed by atoms with Crippen molar-refractivity contribution in [2.24, 2.45) is 0 Å². The second kappa shape index (κ2) is 7.72. The highest BCUT2D eigenvalue weighted by Crippen LogP contribution is 2.35. The van der Waals surface area contributed by atoms with Gasteiger partial charge in [0.05, 0.1) is 17.4 Å². The third kappa shape index (κ3) is 4.14. The fourth-order valence-corrected chi connectivity index (χ4v) is 3.11. The lowest BCUT2D eigenvalue weighted by molar-refractivity contribution is -0.143. The molecular weight excluding hydrogens is 458 g/mol. The van der Waals surface area contributed by atoms with Crippen molar-refractivity contribution in [2.45, 2.75) is 12.4 Å². The Hall–Kier alpha value is -4.23. The molecule has 3 aromatic heterocycles. The molecule has 0 spiro atoms. The van der Waals surface area contributed by atoms with Crippen LogP contribution in [-0.2, 0) is 12.4 Å². The highest BCUT2D eigenvalue weighted by atomic mass is 19.4. The monoisotopic (exact) mass is 468 g/mol. The van der Waals surface area contributed by atoms with E-state index in [1.807, 2.05) is 5.32 Å². The first-order chi connectivity index (χ1) is 15.5. The Kier molecular flexibility index (Phi) is 5.14. The zero-order valence-electron chi connectivity index (χ0n) is 16.0. The van der Waals surface area contributed by atoms with Crippen LogP contribution in [0.15, 0.2) is 53.7 Å². The first-order valence-electron chi connectivity index (χ1n) is 8.94. The smallest absolute Gasteiger partial charge is 0.329 e. The summed E-state index contributed by atoms with van der Waals surface area (Å²) in [6.07, 6.45) is -7.40. The molecule has 8 nitrogen and oxygen atoms in total. The Labute approximate surface area is 178 Å². The molecule has 0 bridgehead atoms. The predicted octanol–water partition coefficient (Wildman–Crippen LogP) is 3.79. The molecule has 0 aliphatic rings. The number of anilines is 1. The molecule has 0 unspecified atom stereocenters. The van der Waals surface area contributed by atoms with Crippen LogP contribution in [0.5, 0.6) is 0 Å². The highest BCUT2D eigenvalue weighted by molar-refractivity contribution is 6.04. The van der Waals surface area contributed by atoms with E-state index in [2.05, 4.69) is 20.1 Å². The summed E-state index contributed by atoms with van der Waals surface area (Å²) in [7, 11) is 0. The van der Waals surface area contributed by atoms with Gasteiger partial charge in [0, 0.05) is 23.2 Å². The summed E-state index contributed by atoms with van der Waals surface area (Å²) in [6, 6.07) is 5.90. The van der Waals surface area contributed by atoms with E-state index in [-0.39, 0.29) is 16.5 Å². The summed E-state index contributed by atoms with van der Waals surface area (Å²) < 4.78 is 80.7. The predicted molar refractivity (Wildman–Crippen MR) is 102 cm³/mol. The number of H-pyrrole nitrogens is 1. The number of carbonyl (C=O) groups excluding carboxylic acids is 1. The number of amides is 1. The van der Waals surface area contributed by atoms with E-state index in [1.165, 1.54) is 30.5 Å². The molecule has 1 aromatic carbocycles. The van der Waals surface area contributed by atoms with Crippen molar-refractivity contribution in [3.63, 3.8) is 0 Å². The lowest BCUT2D eigenvalue weighted by atomic mass is 10.1. The number of aromatic amines is 1. The molecule has 0 radical (unpaired) electrons. The fourth-order valence-electron chi connectivity index (χ4n) is 3.11. The van der Waals surface area contributed by atoms with E-state index in [4.69, 9.17) is 0 Å². The molecular formula is C19H10F6N6O2. The number of aromatic nitrogens is 5. The summed E-state index contributed by atoms with van der Waals surface area (Å²) in [5.74, 6) is -2.27. The van der Waals surface area contributed by atoms with Crippen molar-refractivity contribution in [1.29, 1.82) is 0 Å². The van der Waals surface area contributed by atoms with E-state index >= 15 is 0 Å². The summed E-state index contributed by atoms with van der Waals surface area (Å²) in [5, 5.41) is 5.69. The Morgan fingerprint density at radius 1 is 1.00 bits per heavy atom. The Morgan fingerprint density at radius 3 is 2.45 bits per heavy atom. The van der Waals surface area contributed by atoms with Gasteiger partial charge in [-0.3, -0.25) is 14.9 Å². The van der Waals surface area contributed by atoms with Crippen LogP contribution in [-0.4, -0.2) is 30.6 Å². The van der Waals surface area contributed by atoms with Crippen molar-refractivity contribution in [2.75, 3.05) is 5.32 Å². The van der Waals surface area contributed by atoms with Crippen molar-refractivity contribution in [3.05, 3.63) is 76.2 Å². The minimum Gasteiger partial charge on any atom is -0.329 e. The number of benzene rings is 1. The van der Waals surface area contributed by atoms with Crippen LogP contribution in [0.25, 0.3) is 16.5 Å². The maximum Gasteiger partial charge on any atom is 0.434 e. The Bertz CT molecular complexity index is 1420. The molecule has 2 N–H and O–H groups in total. The third-order valence-corrected chi connectivity index (χ3v) is 4.47. The van der Waals surface area contributed by atoms with Crippen molar-refractivity contribution in [3.8, 4) is 5.69 Å². The lowest BCUT2D eigenvalue weighted by Gasteiger charge is -2.14. The third-order valence-electron chi connectivity index (χ3n) is 4.47. The average molecular weight is 468 g/mol. The molecule has 3 heterocycles. The van der Waals surface area contributed by atoms with E-state index < -0.39 is 46.7 Å². The minimum absolute atomic E-state index is 0.0852. The topological polar surface area (TPSA) is 106 Å². The number of hydrogen-bond donors (Lipinski definition) is 2. The summed E-state index contributed by atoms with van der Waals surface area (Å²) in [6.45, 7) is 0. The van der Waals surface area contributed by atoms with Crippen molar-refractivity contribution in [1.82, 2.24) is 24.7 Å². The number of rotatable bonds is 3. The molecule has 0 aliphatic heterocycles. The molecule has 0 saturated heterocycles. The van der Waals surface area contributed by atoms with Gasteiger partial charge in [-0.2, -0.15) is 31.4 Å². The fraction of sp³-hybridized carbons (Fsp3) is 0.105. The highest BCUT2D eigenvalue weighted by Gasteiger charge is 2.41. The second-order valence-corrected chi connectivity index (χ2v) is 6.58. The van der Waals surface area contributed by atoms with Gasteiger partial charge in [-0.25, -0.2) is 14.6 Å². The largest absolute Gasteiger partial charge is 0.434 e. The van der Waals surface area contributed by atoms with Crippen LogP contribution in [0, 0.1) is 0 Å². The number of pyridine rings is 1. The number of hydrogen-bond acceptors (Lipinski definition) is 5. The van der Waals surface area contributed by atoms with Crippen LogP contribution in [0.3, 0.4) is 0 Å². The van der Waals surface area contributed by atoms with E-state index in [0.29, 0.717) is 23.1 Å². The average Bonchev–Trinajstić information content (AvgIpc) is 3.19. The van der Waals surface area contributed by atoms with E-state index in [1.54, 1.807) is 0 Å². The molecule has 4 aromatic rings. The van der Waals surface area contributed by atoms with Crippen LogP contribution in [0.4, 0.5) is 32.3 Å². The molecule has 0 aliphatic carbocycles. The number of nitrogens with one attached hydrogen (secondary N) is 2. The number of alkyl halides is 6. The molecule has 14 heteroatoms. The number of nitrogens with zero attached hydrogens (tertiary/aromatic N) is 4. The number of fused-ring (bicyclic) bond motifs is 1. The van der Waals surface area contributed by atoms with Gasteiger partial charge in [0.25, 0.3) is 11.5 Å². The zero-order chi connectivity index (χ0) is 24.0. The molecule has 0 saturated carbocycles. The lowest BCUT2D eigenvalue weighted by Crippen LogP contribution is -2.22. The van der Waals surface area contributed by atoms with Crippen LogP contribution >= 0.6 is 0 Å².